The summed E-state index contributed by atoms with van der Waals surface area (Å²) in [5.74, 6) is 2.48. The van der Waals surface area contributed by atoms with Crippen LogP contribution in [0.25, 0.3) is 0 Å². The molecule has 0 aliphatic carbocycles. The molecule has 6 nitrogen and oxygen atoms in total. The van der Waals surface area contributed by atoms with E-state index < -0.39 is 0 Å². The number of hydrogen-bond donors (Lipinski definition) is 2. The number of likely N-dealkylation sites (tertiary alicyclic amines) is 1. The molecule has 1 aromatic rings. The maximum Gasteiger partial charge on any atom is 0.191 e. The third kappa shape index (κ3) is 6.91. The molecule has 0 aromatic heterocycles. The summed E-state index contributed by atoms with van der Waals surface area (Å²) in [5.41, 5.74) is 1.25. The van der Waals surface area contributed by atoms with Crippen molar-refractivity contribution in [3.63, 3.8) is 0 Å². The number of hydrogen-bond acceptors (Lipinski definition) is 4. The zero-order valence-corrected chi connectivity index (χ0v) is 20.5. The van der Waals surface area contributed by atoms with Crippen molar-refractivity contribution in [2.24, 2.45) is 10.9 Å². The first-order valence-electron chi connectivity index (χ1n) is 10.9. The number of nitrogens with one attached hydrogen (secondary N) is 2. The van der Waals surface area contributed by atoms with E-state index in [0.29, 0.717) is 12.0 Å². The molecule has 2 N–H and O–H groups in total. The first-order valence-corrected chi connectivity index (χ1v) is 10.9. The zero-order valence-electron chi connectivity index (χ0n) is 18.2. The van der Waals surface area contributed by atoms with Crippen LogP contribution in [0.2, 0.25) is 0 Å². The zero-order chi connectivity index (χ0) is 19.8. The van der Waals surface area contributed by atoms with Gasteiger partial charge in [-0.05, 0) is 57.3 Å². The summed E-state index contributed by atoms with van der Waals surface area (Å²) in [6.07, 6.45) is 3.79. The number of ether oxygens (including phenoxy) is 1. The quantitative estimate of drug-likeness (QED) is 0.317. The Hall–Kier alpha value is -1.22. The van der Waals surface area contributed by atoms with Gasteiger partial charge in [0.25, 0.3) is 0 Å². The summed E-state index contributed by atoms with van der Waals surface area (Å²) in [4.78, 5) is 9.91. The van der Waals surface area contributed by atoms with Crippen molar-refractivity contribution in [3.8, 4) is 5.75 Å². The molecule has 2 unspecified atom stereocenters. The molecule has 3 rings (SSSR count). The van der Waals surface area contributed by atoms with Gasteiger partial charge in [-0.15, -0.1) is 24.0 Å². The lowest BCUT2D eigenvalue weighted by molar-refractivity contribution is 0.267. The highest BCUT2D eigenvalue weighted by Gasteiger charge is 2.24. The van der Waals surface area contributed by atoms with Crippen molar-refractivity contribution in [1.29, 1.82) is 0 Å². The first-order chi connectivity index (χ1) is 13.7. The van der Waals surface area contributed by atoms with Crippen LogP contribution in [0.3, 0.4) is 0 Å². The summed E-state index contributed by atoms with van der Waals surface area (Å²) in [6.45, 7) is 11.7. The molecule has 0 spiro atoms. The van der Waals surface area contributed by atoms with Gasteiger partial charge in [0.1, 0.15) is 5.75 Å². The monoisotopic (exact) mass is 515 g/mol. The second kappa shape index (κ2) is 12.5. The van der Waals surface area contributed by atoms with Crippen LogP contribution in [-0.4, -0.2) is 69.8 Å². The van der Waals surface area contributed by atoms with Crippen LogP contribution < -0.4 is 20.3 Å². The van der Waals surface area contributed by atoms with Crippen LogP contribution >= 0.6 is 24.0 Å². The standard InChI is InChI=1S/C22H37N5O.HI/c1-4-23-22(25-16-20-9-7-12-26(20)5-2)24-15-18-11-13-27(17-18)19-8-6-10-21(14-19)28-3;/h6,8,10,14,18,20H,4-5,7,9,11-13,15-17H2,1-3H3,(H2,23,24,25);1H. The van der Waals surface area contributed by atoms with Crippen molar-refractivity contribution in [1.82, 2.24) is 15.5 Å². The SMILES string of the molecule is CCNC(=NCC1CCN(c2cccc(OC)c2)C1)NCC1CCCN1CC.I. The van der Waals surface area contributed by atoms with Crippen LogP contribution in [0, 0.1) is 5.92 Å². The van der Waals surface area contributed by atoms with Crippen LogP contribution in [0.1, 0.15) is 33.1 Å². The fourth-order valence-electron chi connectivity index (χ4n) is 4.34. The van der Waals surface area contributed by atoms with Gasteiger partial charge in [0, 0.05) is 50.5 Å². The van der Waals surface area contributed by atoms with E-state index in [4.69, 9.17) is 9.73 Å². The van der Waals surface area contributed by atoms with E-state index in [1.165, 1.54) is 31.5 Å². The number of benzene rings is 1. The molecule has 2 aliphatic heterocycles. The van der Waals surface area contributed by atoms with Gasteiger partial charge in [-0.2, -0.15) is 0 Å². The fraction of sp³-hybridized carbons (Fsp3) is 0.682. The highest BCUT2D eigenvalue weighted by Crippen LogP contribution is 2.27. The van der Waals surface area contributed by atoms with Crippen LogP contribution in [0.5, 0.6) is 5.75 Å². The van der Waals surface area contributed by atoms with Crippen molar-refractivity contribution < 1.29 is 4.74 Å². The van der Waals surface area contributed by atoms with Crippen molar-refractivity contribution in [3.05, 3.63) is 24.3 Å². The van der Waals surface area contributed by atoms with Crippen LogP contribution in [0.15, 0.2) is 29.3 Å². The topological polar surface area (TPSA) is 52.1 Å². The minimum absolute atomic E-state index is 0. The highest BCUT2D eigenvalue weighted by molar-refractivity contribution is 14.0. The second-order valence-electron chi connectivity index (χ2n) is 7.83. The molecule has 2 atom stereocenters. The molecule has 29 heavy (non-hydrogen) atoms. The third-order valence-corrected chi connectivity index (χ3v) is 5.97. The van der Waals surface area contributed by atoms with Crippen molar-refractivity contribution in [2.75, 3.05) is 57.8 Å². The number of anilines is 1. The normalized spacial score (nSPS) is 22.4. The van der Waals surface area contributed by atoms with E-state index in [9.17, 15) is 0 Å². The molecular formula is C22H38IN5O. The van der Waals surface area contributed by atoms with Gasteiger partial charge in [-0.25, -0.2) is 0 Å². The van der Waals surface area contributed by atoms with Gasteiger partial charge in [-0.1, -0.05) is 13.0 Å². The highest BCUT2D eigenvalue weighted by atomic mass is 127. The predicted molar refractivity (Wildman–Crippen MR) is 133 cm³/mol. The molecule has 2 heterocycles. The Kier molecular flexibility index (Phi) is 10.3. The number of halogens is 1. The minimum Gasteiger partial charge on any atom is -0.497 e. The molecular weight excluding hydrogens is 477 g/mol. The smallest absolute Gasteiger partial charge is 0.191 e. The first kappa shape index (κ1) is 24.1. The average molecular weight is 515 g/mol. The molecule has 2 saturated heterocycles. The number of nitrogens with zero attached hydrogens (tertiary/aromatic N) is 3. The Morgan fingerprint density at radius 2 is 2.07 bits per heavy atom. The van der Waals surface area contributed by atoms with Crippen molar-refractivity contribution >= 4 is 35.6 Å². The molecule has 164 valence electrons. The van der Waals surface area contributed by atoms with E-state index in [1.54, 1.807) is 7.11 Å². The summed E-state index contributed by atoms with van der Waals surface area (Å²) >= 11 is 0. The van der Waals surface area contributed by atoms with Crippen LogP contribution in [-0.2, 0) is 0 Å². The minimum atomic E-state index is 0. The van der Waals surface area contributed by atoms with Crippen LogP contribution in [0.4, 0.5) is 5.69 Å². The van der Waals surface area contributed by atoms with E-state index >= 15 is 0 Å². The Bertz CT molecular complexity index is 641. The molecule has 0 saturated carbocycles. The summed E-state index contributed by atoms with van der Waals surface area (Å²) in [7, 11) is 1.72. The predicted octanol–water partition coefficient (Wildman–Crippen LogP) is 3.18. The second-order valence-corrected chi connectivity index (χ2v) is 7.83. The molecule has 2 fully saturated rings. The number of methoxy groups -OCH3 is 1. The van der Waals surface area contributed by atoms with Gasteiger partial charge in [-0.3, -0.25) is 9.89 Å². The lowest BCUT2D eigenvalue weighted by atomic mass is 10.1. The molecule has 0 amide bonds. The fourth-order valence-corrected chi connectivity index (χ4v) is 4.34. The average Bonchev–Trinajstić information content (AvgIpc) is 3.39. The van der Waals surface area contributed by atoms with Gasteiger partial charge in [0.15, 0.2) is 5.96 Å². The lowest BCUT2D eigenvalue weighted by Crippen LogP contribution is -2.45. The Morgan fingerprint density at radius 1 is 1.21 bits per heavy atom. The Balaban J connectivity index is 0.00000300. The Labute approximate surface area is 193 Å². The third-order valence-electron chi connectivity index (χ3n) is 5.97. The lowest BCUT2D eigenvalue weighted by Gasteiger charge is -2.24. The number of guanidine groups is 1. The number of rotatable bonds is 8. The largest absolute Gasteiger partial charge is 0.497 e. The van der Waals surface area contributed by atoms with Gasteiger partial charge in [0.2, 0.25) is 0 Å². The Morgan fingerprint density at radius 3 is 2.83 bits per heavy atom. The summed E-state index contributed by atoms with van der Waals surface area (Å²) in [5, 5.41) is 6.99. The molecule has 2 aliphatic rings. The van der Waals surface area contributed by atoms with E-state index in [1.807, 2.05) is 6.07 Å². The van der Waals surface area contributed by atoms with Crippen molar-refractivity contribution in [2.45, 2.75) is 39.2 Å². The van der Waals surface area contributed by atoms with Gasteiger partial charge >= 0.3 is 0 Å². The molecule has 0 radical (unpaired) electrons. The number of likely N-dealkylation sites (N-methyl/N-ethyl adjacent to an activating group) is 1. The van der Waals surface area contributed by atoms with E-state index in [-0.39, 0.29) is 24.0 Å². The number of aliphatic imine (C=N–C) groups is 1. The van der Waals surface area contributed by atoms with Gasteiger partial charge < -0.3 is 20.3 Å². The summed E-state index contributed by atoms with van der Waals surface area (Å²) < 4.78 is 5.36. The van der Waals surface area contributed by atoms with Gasteiger partial charge in [0.05, 0.1) is 7.11 Å². The molecule has 0 bridgehead atoms. The maximum atomic E-state index is 5.36. The molecule has 7 heteroatoms. The van der Waals surface area contributed by atoms with E-state index in [0.717, 1.165) is 51.0 Å². The van der Waals surface area contributed by atoms with E-state index in [2.05, 4.69) is 52.5 Å². The maximum absolute atomic E-state index is 5.36. The summed E-state index contributed by atoms with van der Waals surface area (Å²) in [6, 6.07) is 9.00. The molecule has 1 aromatic carbocycles.